The normalized spacial score (nSPS) is 11.1. The van der Waals surface area contributed by atoms with Gasteiger partial charge in [0.2, 0.25) is 0 Å². The van der Waals surface area contributed by atoms with Crippen molar-refractivity contribution in [2.75, 3.05) is 16.6 Å². The van der Waals surface area contributed by atoms with E-state index in [-0.39, 0.29) is 4.90 Å². The summed E-state index contributed by atoms with van der Waals surface area (Å²) in [5.74, 6) is 0.341. The first-order valence-corrected chi connectivity index (χ1v) is 7.65. The summed E-state index contributed by atoms with van der Waals surface area (Å²) in [4.78, 5) is 8.20. The van der Waals surface area contributed by atoms with Gasteiger partial charge < -0.3 is 5.32 Å². The average Bonchev–Trinajstić information content (AvgIpc) is 2.39. The van der Waals surface area contributed by atoms with Crippen molar-refractivity contribution in [1.29, 1.82) is 0 Å². The van der Waals surface area contributed by atoms with Crippen LogP contribution >= 0.6 is 0 Å². The van der Waals surface area contributed by atoms with E-state index >= 15 is 0 Å². The lowest BCUT2D eigenvalue weighted by Gasteiger charge is -2.12. The Labute approximate surface area is 118 Å². The second kappa shape index (κ2) is 5.87. The van der Waals surface area contributed by atoms with Crippen LogP contribution in [0.15, 0.2) is 41.6 Å². The Morgan fingerprint density at radius 1 is 1.20 bits per heavy atom. The first kappa shape index (κ1) is 14.3. The standard InChI is InChI=1S/C13H16N4O2S/c1-3-14-13-12(5-4-7-16-13)20(18,19)17-11-6-8-15-10(2)9-11/h4-9H,3H2,1-2H3,(H,14,16)(H,15,17). The van der Waals surface area contributed by atoms with E-state index in [0.717, 1.165) is 5.69 Å². The largest absolute Gasteiger partial charge is 0.369 e. The van der Waals surface area contributed by atoms with Gasteiger partial charge in [-0.1, -0.05) is 0 Å². The van der Waals surface area contributed by atoms with Crippen molar-refractivity contribution >= 4 is 21.5 Å². The van der Waals surface area contributed by atoms with Crippen LogP contribution in [0.2, 0.25) is 0 Å². The summed E-state index contributed by atoms with van der Waals surface area (Å²) >= 11 is 0. The van der Waals surface area contributed by atoms with Crippen LogP contribution in [0.1, 0.15) is 12.6 Å². The first-order valence-electron chi connectivity index (χ1n) is 6.17. The van der Waals surface area contributed by atoms with Gasteiger partial charge in [0.15, 0.2) is 0 Å². The van der Waals surface area contributed by atoms with Crippen LogP contribution in [0.4, 0.5) is 11.5 Å². The number of nitrogens with one attached hydrogen (secondary N) is 2. The van der Waals surface area contributed by atoms with E-state index in [1.54, 1.807) is 37.5 Å². The van der Waals surface area contributed by atoms with E-state index in [1.807, 2.05) is 6.92 Å². The number of hydrogen-bond acceptors (Lipinski definition) is 5. The number of pyridine rings is 2. The molecule has 0 spiro atoms. The third-order valence-corrected chi connectivity index (χ3v) is 3.97. The summed E-state index contributed by atoms with van der Waals surface area (Å²) < 4.78 is 27.3. The zero-order chi connectivity index (χ0) is 14.6. The molecule has 2 N–H and O–H groups in total. The van der Waals surface area contributed by atoms with Crippen LogP contribution in [0.5, 0.6) is 0 Å². The molecule has 0 fully saturated rings. The molecule has 0 atom stereocenters. The molecule has 2 rings (SSSR count). The van der Waals surface area contributed by atoms with Crippen LogP contribution in [-0.2, 0) is 10.0 Å². The topological polar surface area (TPSA) is 84.0 Å². The summed E-state index contributed by atoms with van der Waals surface area (Å²) in [5.41, 5.74) is 1.21. The average molecular weight is 292 g/mol. The molecule has 0 aromatic carbocycles. The van der Waals surface area contributed by atoms with Gasteiger partial charge in [-0.25, -0.2) is 13.4 Å². The molecule has 106 valence electrons. The lowest BCUT2D eigenvalue weighted by molar-refractivity contribution is 0.601. The van der Waals surface area contributed by atoms with Gasteiger partial charge in [-0.2, -0.15) is 0 Å². The molecule has 20 heavy (non-hydrogen) atoms. The summed E-state index contributed by atoms with van der Waals surface area (Å²) in [6.07, 6.45) is 3.11. The second-order valence-electron chi connectivity index (χ2n) is 4.17. The lowest BCUT2D eigenvalue weighted by Crippen LogP contribution is -2.16. The minimum absolute atomic E-state index is 0.122. The fraction of sp³-hybridized carbons (Fsp3) is 0.231. The SMILES string of the molecule is CCNc1ncccc1S(=O)(=O)Nc1ccnc(C)c1. The molecule has 0 radical (unpaired) electrons. The van der Waals surface area contributed by atoms with Crippen molar-refractivity contribution in [3.63, 3.8) is 0 Å². The van der Waals surface area contributed by atoms with Gasteiger partial charge >= 0.3 is 0 Å². The number of hydrogen-bond donors (Lipinski definition) is 2. The third kappa shape index (κ3) is 3.24. The van der Waals surface area contributed by atoms with Crippen LogP contribution in [0, 0.1) is 6.92 Å². The van der Waals surface area contributed by atoms with Crippen LogP contribution in [0.25, 0.3) is 0 Å². The van der Waals surface area contributed by atoms with Gasteiger partial charge in [0.1, 0.15) is 10.7 Å². The highest BCUT2D eigenvalue weighted by Crippen LogP contribution is 2.21. The van der Waals surface area contributed by atoms with E-state index in [9.17, 15) is 8.42 Å². The monoisotopic (exact) mass is 292 g/mol. The van der Waals surface area contributed by atoms with Gasteiger partial charge in [-0.15, -0.1) is 0 Å². The number of aromatic nitrogens is 2. The fourth-order valence-electron chi connectivity index (χ4n) is 1.73. The Kier molecular flexibility index (Phi) is 4.19. The molecule has 0 bridgehead atoms. The highest BCUT2D eigenvalue weighted by atomic mass is 32.2. The van der Waals surface area contributed by atoms with Crippen molar-refractivity contribution in [1.82, 2.24) is 9.97 Å². The Morgan fingerprint density at radius 3 is 2.70 bits per heavy atom. The minimum Gasteiger partial charge on any atom is -0.369 e. The molecule has 0 amide bonds. The lowest BCUT2D eigenvalue weighted by atomic mass is 10.3. The molecule has 2 aromatic rings. The smallest absolute Gasteiger partial charge is 0.265 e. The molecule has 0 unspecified atom stereocenters. The predicted molar refractivity (Wildman–Crippen MR) is 78.2 cm³/mol. The van der Waals surface area contributed by atoms with Gasteiger partial charge in [0, 0.05) is 24.6 Å². The van der Waals surface area contributed by atoms with Crippen molar-refractivity contribution in [2.24, 2.45) is 0 Å². The van der Waals surface area contributed by atoms with Gasteiger partial charge in [0.25, 0.3) is 10.0 Å². The zero-order valence-corrected chi connectivity index (χ0v) is 12.1. The first-order chi connectivity index (χ1) is 9.53. The molecule has 0 saturated carbocycles. The van der Waals surface area contributed by atoms with E-state index < -0.39 is 10.0 Å². The molecule has 0 aliphatic rings. The molecule has 6 nitrogen and oxygen atoms in total. The maximum Gasteiger partial charge on any atom is 0.265 e. The minimum atomic E-state index is -3.69. The molecule has 2 heterocycles. The highest BCUT2D eigenvalue weighted by molar-refractivity contribution is 7.92. The maximum absolute atomic E-state index is 12.4. The van der Waals surface area contributed by atoms with E-state index in [1.165, 1.54) is 6.07 Å². The molecular weight excluding hydrogens is 276 g/mol. The quantitative estimate of drug-likeness (QED) is 0.880. The third-order valence-electron chi connectivity index (χ3n) is 2.55. The number of sulfonamides is 1. The zero-order valence-electron chi connectivity index (χ0n) is 11.3. The summed E-state index contributed by atoms with van der Waals surface area (Å²) in [6, 6.07) is 6.38. The summed E-state index contributed by atoms with van der Waals surface area (Å²) in [5, 5.41) is 2.94. The van der Waals surface area contributed by atoms with Crippen molar-refractivity contribution in [3.8, 4) is 0 Å². The van der Waals surface area contributed by atoms with Crippen molar-refractivity contribution in [3.05, 3.63) is 42.4 Å². The number of nitrogens with zero attached hydrogens (tertiary/aromatic N) is 2. The molecule has 0 aliphatic heterocycles. The Hall–Kier alpha value is -2.15. The maximum atomic E-state index is 12.4. The van der Waals surface area contributed by atoms with Crippen LogP contribution < -0.4 is 10.0 Å². The Morgan fingerprint density at radius 2 is 2.00 bits per heavy atom. The van der Waals surface area contributed by atoms with E-state index in [2.05, 4.69) is 20.0 Å². The highest BCUT2D eigenvalue weighted by Gasteiger charge is 2.19. The summed E-state index contributed by atoms with van der Waals surface area (Å²) in [6.45, 7) is 4.27. The Balaban J connectivity index is 2.36. The number of anilines is 2. The van der Waals surface area contributed by atoms with Crippen molar-refractivity contribution < 1.29 is 8.42 Å². The molecule has 0 saturated heterocycles. The molecule has 0 aliphatic carbocycles. The molecular formula is C13H16N4O2S. The second-order valence-corrected chi connectivity index (χ2v) is 5.82. The molecule has 7 heteroatoms. The van der Waals surface area contributed by atoms with Crippen LogP contribution in [0.3, 0.4) is 0 Å². The number of rotatable bonds is 5. The van der Waals surface area contributed by atoms with Gasteiger partial charge in [-0.05, 0) is 38.1 Å². The van der Waals surface area contributed by atoms with Crippen LogP contribution in [-0.4, -0.2) is 24.9 Å². The Bertz CT molecular complexity index is 701. The van der Waals surface area contributed by atoms with Gasteiger partial charge in [0.05, 0.1) is 5.69 Å². The number of aryl methyl sites for hydroxylation is 1. The van der Waals surface area contributed by atoms with E-state index in [0.29, 0.717) is 18.1 Å². The fourth-order valence-corrected chi connectivity index (χ4v) is 2.91. The molecule has 2 aromatic heterocycles. The van der Waals surface area contributed by atoms with E-state index in [4.69, 9.17) is 0 Å². The van der Waals surface area contributed by atoms with Crippen molar-refractivity contribution in [2.45, 2.75) is 18.7 Å². The van der Waals surface area contributed by atoms with Gasteiger partial charge in [-0.3, -0.25) is 9.71 Å². The summed E-state index contributed by atoms with van der Waals surface area (Å²) in [7, 11) is -3.69. The predicted octanol–water partition coefficient (Wildman–Crippen LogP) is 2.02.